The van der Waals surface area contributed by atoms with Gasteiger partial charge in [0.1, 0.15) is 0 Å². The van der Waals surface area contributed by atoms with E-state index < -0.39 is 0 Å². The fourth-order valence-corrected chi connectivity index (χ4v) is 0.681. The van der Waals surface area contributed by atoms with Gasteiger partial charge < -0.3 is 10.8 Å². The van der Waals surface area contributed by atoms with Crippen molar-refractivity contribution in [1.29, 1.82) is 0 Å². The van der Waals surface area contributed by atoms with Crippen LogP contribution < -0.4 is 5.73 Å². The van der Waals surface area contributed by atoms with E-state index in [9.17, 15) is 0 Å². The molecule has 0 bridgehead atoms. The van der Waals surface area contributed by atoms with Crippen LogP contribution in [0.25, 0.3) is 0 Å². The first-order chi connectivity index (χ1) is 3.81. The minimum absolute atomic E-state index is 0.213. The molecule has 0 radical (unpaired) electrons. The largest absolute Gasteiger partial charge is 0.396 e. The number of aliphatic hydroxyl groups excluding tert-OH is 1. The van der Waals surface area contributed by atoms with E-state index in [1.54, 1.807) is 0 Å². The molecule has 0 unspecified atom stereocenters. The maximum Gasteiger partial charge on any atom is 0.0445 e. The minimum atomic E-state index is 0.213. The molecular formula is C6H15NO. The fraction of sp³-hybridized carbons (Fsp3) is 1.00. The normalized spacial score (nSPS) is 13.9. The van der Waals surface area contributed by atoms with Crippen LogP contribution in [0, 0.1) is 0 Å². The highest BCUT2D eigenvalue weighted by Crippen LogP contribution is 1.95. The summed E-state index contributed by atoms with van der Waals surface area (Å²) in [4.78, 5) is 0. The van der Waals surface area contributed by atoms with Crippen LogP contribution in [-0.4, -0.2) is 17.8 Å². The van der Waals surface area contributed by atoms with E-state index in [0.717, 1.165) is 19.3 Å². The third kappa shape index (κ3) is 4.09. The third-order valence-electron chi connectivity index (χ3n) is 1.16. The summed E-state index contributed by atoms with van der Waals surface area (Å²) in [7, 11) is 0. The molecule has 0 spiro atoms. The Balaban J connectivity index is 2.92. The Kier molecular flexibility index (Phi) is 5.01. The van der Waals surface area contributed by atoms with E-state index in [-0.39, 0.29) is 12.6 Å². The van der Waals surface area contributed by atoms with Gasteiger partial charge in [-0.25, -0.2) is 0 Å². The van der Waals surface area contributed by atoms with Gasteiger partial charge in [0.15, 0.2) is 0 Å². The van der Waals surface area contributed by atoms with E-state index in [0.29, 0.717) is 0 Å². The second kappa shape index (κ2) is 5.06. The summed E-state index contributed by atoms with van der Waals surface area (Å²) < 4.78 is 0. The molecule has 0 saturated carbocycles. The molecule has 0 aromatic carbocycles. The van der Waals surface area contributed by atoms with E-state index >= 15 is 0 Å². The number of aliphatic hydroxyl groups is 1. The van der Waals surface area contributed by atoms with E-state index in [2.05, 4.69) is 6.92 Å². The molecule has 0 fully saturated rings. The molecule has 0 saturated heterocycles. The van der Waals surface area contributed by atoms with Crippen LogP contribution in [0.2, 0.25) is 0 Å². The summed E-state index contributed by atoms with van der Waals surface area (Å²) in [5, 5.41) is 8.38. The zero-order chi connectivity index (χ0) is 6.41. The SMILES string of the molecule is CCC[C@@H](N)CCO. The van der Waals surface area contributed by atoms with Crippen molar-refractivity contribution in [3.05, 3.63) is 0 Å². The third-order valence-corrected chi connectivity index (χ3v) is 1.16. The standard InChI is InChI=1S/C6H15NO/c1-2-3-6(7)4-5-8/h6,8H,2-5,7H2,1H3/t6-/m1/s1. The lowest BCUT2D eigenvalue weighted by molar-refractivity contribution is 0.273. The van der Waals surface area contributed by atoms with Crippen molar-refractivity contribution in [2.75, 3.05) is 6.61 Å². The number of nitrogens with two attached hydrogens (primary N) is 1. The van der Waals surface area contributed by atoms with Crippen molar-refractivity contribution in [2.24, 2.45) is 5.73 Å². The molecule has 8 heavy (non-hydrogen) atoms. The first-order valence-corrected chi connectivity index (χ1v) is 3.17. The Morgan fingerprint density at radius 1 is 1.50 bits per heavy atom. The molecule has 0 aliphatic heterocycles. The quantitative estimate of drug-likeness (QED) is 0.563. The van der Waals surface area contributed by atoms with Crippen molar-refractivity contribution >= 4 is 0 Å². The first-order valence-electron chi connectivity index (χ1n) is 3.17. The lowest BCUT2D eigenvalue weighted by Gasteiger charge is -2.05. The molecule has 50 valence electrons. The molecule has 0 amide bonds. The molecule has 0 heterocycles. The van der Waals surface area contributed by atoms with Gasteiger partial charge in [0, 0.05) is 12.6 Å². The maximum absolute atomic E-state index is 8.38. The molecular weight excluding hydrogens is 102 g/mol. The van der Waals surface area contributed by atoms with Gasteiger partial charge in [0.05, 0.1) is 0 Å². The molecule has 3 N–H and O–H groups in total. The number of hydrogen-bond acceptors (Lipinski definition) is 2. The highest BCUT2D eigenvalue weighted by atomic mass is 16.3. The monoisotopic (exact) mass is 117 g/mol. The van der Waals surface area contributed by atoms with Gasteiger partial charge in [0.25, 0.3) is 0 Å². The van der Waals surface area contributed by atoms with Crippen LogP contribution in [-0.2, 0) is 0 Å². The van der Waals surface area contributed by atoms with Crippen LogP contribution in [0.5, 0.6) is 0 Å². The van der Waals surface area contributed by atoms with Crippen molar-refractivity contribution in [3.63, 3.8) is 0 Å². The van der Waals surface area contributed by atoms with Gasteiger partial charge >= 0.3 is 0 Å². The van der Waals surface area contributed by atoms with Gasteiger partial charge in [0.2, 0.25) is 0 Å². The maximum atomic E-state index is 8.38. The summed E-state index contributed by atoms with van der Waals surface area (Å²) in [5.74, 6) is 0. The van der Waals surface area contributed by atoms with Crippen LogP contribution in [0.15, 0.2) is 0 Å². The summed E-state index contributed by atoms with van der Waals surface area (Å²) in [6.07, 6.45) is 2.88. The topological polar surface area (TPSA) is 46.2 Å². The summed E-state index contributed by atoms with van der Waals surface area (Å²) >= 11 is 0. The van der Waals surface area contributed by atoms with Crippen LogP contribution in [0.4, 0.5) is 0 Å². The molecule has 0 aliphatic rings. The minimum Gasteiger partial charge on any atom is -0.396 e. The number of rotatable bonds is 4. The molecule has 1 atom stereocenters. The predicted octanol–water partition coefficient (Wildman–Crippen LogP) is 0.496. The van der Waals surface area contributed by atoms with E-state index in [1.165, 1.54) is 0 Å². The number of hydrogen-bond donors (Lipinski definition) is 2. The van der Waals surface area contributed by atoms with Crippen molar-refractivity contribution in [2.45, 2.75) is 32.2 Å². The highest BCUT2D eigenvalue weighted by Gasteiger charge is 1.96. The molecule has 0 aromatic rings. The molecule has 0 aromatic heterocycles. The van der Waals surface area contributed by atoms with E-state index in [1.807, 2.05) is 0 Å². The van der Waals surface area contributed by atoms with Gasteiger partial charge in [-0.05, 0) is 12.8 Å². The second-order valence-electron chi connectivity index (χ2n) is 2.06. The van der Waals surface area contributed by atoms with Crippen LogP contribution >= 0.6 is 0 Å². The van der Waals surface area contributed by atoms with Gasteiger partial charge in [-0.1, -0.05) is 13.3 Å². The summed E-state index contributed by atoms with van der Waals surface area (Å²) in [5.41, 5.74) is 5.53. The predicted molar refractivity (Wildman–Crippen MR) is 34.6 cm³/mol. The average molecular weight is 117 g/mol. The second-order valence-corrected chi connectivity index (χ2v) is 2.06. The summed E-state index contributed by atoms with van der Waals surface area (Å²) in [6.45, 7) is 2.32. The van der Waals surface area contributed by atoms with Crippen molar-refractivity contribution in [3.8, 4) is 0 Å². The lowest BCUT2D eigenvalue weighted by Crippen LogP contribution is -2.20. The van der Waals surface area contributed by atoms with Crippen LogP contribution in [0.1, 0.15) is 26.2 Å². The molecule has 2 heteroatoms. The van der Waals surface area contributed by atoms with E-state index in [4.69, 9.17) is 10.8 Å². The Morgan fingerprint density at radius 3 is 2.50 bits per heavy atom. The van der Waals surface area contributed by atoms with Gasteiger partial charge in [-0.2, -0.15) is 0 Å². The Hall–Kier alpha value is -0.0800. The Morgan fingerprint density at radius 2 is 2.12 bits per heavy atom. The molecule has 0 rings (SSSR count). The van der Waals surface area contributed by atoms with Crippen molar-refractivity contribution < 1.29 is 5.11 Å². The van der Waals surface area contributed by atoms with Crippen LogP contribution in [0.3, 0.4) is 0 Å². The van der Waals surface area contributed by atoms with Gasteiger partial charge in [-0.15, -0.1) is 0 Å². The Bertz CT molecular complexity index is 41.8. The zero-order valence-corrected chi connectivity index (χ0v) is 5.43. The summed E-state index contributed by atoms with van der Waals surface area (Å²) in [6, 6.07) is 0.213. The smallest absolute Gasteiger partial charge is 0.0445 e. The molecule has 0 aliphatic carbocycles. The van der Waals surface area contributed by atoms with Gasteiger partial charge in [-0.3, -0.25) is 0 Å². The first kappa shape index (κ1) is 7.92. The molecule has 2 nitrogen and oxygen atoms in total. The van der Waals surface area contributed by atoms with Crippen molar-refractivity contribution in [1.82, 2.24) is 0 Å². The fourth-order valence-electron chi connectivity index (χ4n) is 0.681. The highest BCUT2D eigenvalue weighted by molar-refractivity contribution is 4.57. The lowest BCUT2D eigenvalue weighted by atomic mass is 10.1. The zero-order valence-electron chi connectivity index (χ0n) is 5.43. The average Bonchev–Trinajstić information content (AvgIpc) is 1.68. The Labute approximate surface area is 50.7 Å².